The van der Waals surface area contributed by atoms with Crippen molar-refractivity contribution < 1.29 is 9.13 Å². The highest BCUT2D eigenvalue weighted by Crippen LogP contribution is 2.26. The number of nitrogens with zero attached hydrogens (tertiary/aromatic N) is 3. The van der Waals surface area contributed by atoms with Gasteiger partial charge in [0.2, 0.25) is 0 Å². The molecule has 0 radical (unpaired) electrons. The predicted molar refractivity (Wildman–Crippen MR) is 83.1 cm³/mol. The summed E-state index contributed by atoms with van der Waals surface area (Å²) in [5, 5.41) is 0. The van der Waals surface area contributed by atoms with Gasteiger partial charge in [-0.15, -0.1) is 0 Å². The summed E-state index contributed by atoms with van der Waals surface area (Å²) in [5.41, 5.74) is 1.80. The Morgan fingerprint density at radius 1 is 1.30 bits per heavy atom. The maximum absolute atomic E-state index is 14.2. The van der Waals surface area contributed by atoms with Crippen molar-refractivity contribution in [3.8, 4) is 17.0 Å². The van der Waals surface area contributed by atoms with E-state index in [1.54, 1.807) is 30.5 Å². The fourth-order valence-corrected chi connectivity index (χ4v) is 2.52. The molecule has 0 fully saturated rings. The number of fused-ring (bicyclic) bond motifs is 3. The van der Waals surface area contributed by atoms with Crippen LogP contribution >= 0.6 is 0 Å². The largest absolute Gasteiger partial charge is 0.497 e. The number of aromatic nitrogens is 4. The van der Waals surface area contributed by atoms with Crippen LogP contribution in [-0.2, 0) is 0 Å². The first-order chi connectivity index (χ1) is 11.2. The van der Waals surface area contributed by atoms with Crippen LogP contribution in [0, 0.1) is 5.82 Å². The van der Waals surface area contributed by atoms with Crippen molar-refractivity contribution in [2.75, 3.05) is 7.11 Å². The first-order valence-electron chi connectivity index (χ1n) is 6.87. The number of aromatic amines is 1. The summed E-state index contributed by atoms with van der Waals surface area (Å²) in [4.78, 5) is 23.5. The molecule has 23 heavy (non-hydrogen) atoms. The maximum Gasteiger partial charge on any atom is 0.331 e. The van der Waals surface area contributed by atoms with Gasteiger partial charge in [0.1, 0.15) is 17.1 Å². The highest BCUT2D eigenvalue weighted by molar-refractivity contribution is 5.88. The molecule has 1 N–H and O–H groups in total. The highest BCUT2D eigenvalue weighted by Gasteiger charge is 2.14. The van der Waals surface area contributed by atoms with Crippen molar-refractivity contribution >= 4 is 16.7 Å². The minimum absolute atomic E-state index is 0.290. The summed E-state index contributed by atoms with van der Waals surface area (Å²) in [6, 6.07) is 7.95. The molecule has 4 rings (SSSR count). The zero-order valence-corrected chi connectivity index (χ0v) is 12.1. The maximum atomic E-state index is 14.2. The first-order valence-corrected chi connectivity index (χ1v) is 6.87. The minimum atomic E-state index is -0.471. The number of methoxy groups -OCH3 is 1. The molecular formula is C16H11FN4O2. The lowest BCUT2D eigenvalue weighted by atomic mass is 10.1. The number of benzene rings is 1. The van der Waals surface area contributed by atoms with Crippen LogP contribution in [-0.4, -0.2) is 26.5 Å². The van der Waals surface area contributed by atoms with Gasteiger partial charge < -0.3 is 9.72 Å². The van der Waals surface area contributed by atoms with Gasteiger partial charge in [-0.3, -0.25) is 4.98 Å². The number of imidazole rings is 1. The summed E-state index contributed by atoms with van der Waals surface area (Å²) in [7, 11) is 1.47. The van der Waals surface area contributed by atoms with Crippen molar-refractivity contribution in [1.82, 2.24) is 19.4 Å². The van der Waals surface area contributed by atoms with Crippen LogP contribution < -0.4 is 10.4 Å². The van der Waals surface area contributed by atoms with E-state index in [4.69, 9.17) is 4.74 Å². The molecule has 0 aliphatic rings. The van der Waals surface area contributed by atoms with E-state index in [-0.39, 0.29) is 11.3 Å². The lowest BCUT2D eigenvalue weighted by molar-refractivity contribution is 0.411. The number of hydrogen-bond acceptors (Lipinski definition) is 4. The van der Waals surface area contributed by atoms with Crippen molar-refractivity contribution in [3.63, 3.8) is 0 Å². The summed E-state index contributed by atoms with van der Waals surface area (Å²) in [6.07, 6.45) is 3.11. The van der Waals surface area contributed by atoms with E-state index in [9.17, 15) is 9.18 Å². The molecule has 0 saturated heterocycles. The van der Waals surface area contributed by atoms with Gasteiger partial charge in [-0.05, 0) is 24.3 Å². The number of pyridine rings is 1. The van der Waals surface area contributed by atoms with Crippen LogP contribution in [0.15, 0.2) is 47.5 Å². The molecule has 6 nitrogen and oxygen atoms in total. The van der Waals surface area contributed by atoms with Gasteiger partial charge in [0, 0.05) is 24.0 Å². The lowest BCUT2D eigenvalue weighted by Gasteiger charge is -2.02. The van der Waals surface area contributed by atoms with Crippen molar-refractivity contribution in [1.29, 1.82) is 0 Å². The molecule has 0 amide bonds. The zero-order chi connectivity index (χ0) is 16.0. The smallest absolute Gasteiger partial charge is 0.331 e. The second-order valence-electron chi connectivity index (χ2n) is 5.00. The molecule has 0 aliphatic heterocycles. The molecule has 0 spiro atoms. The van der Waals surface area contributed by atoms with Crippen LogP contribution in [0.5, 0.6) is 5.75 Å². The number of H-pyrrole nitrogens is 1. The fourth-order valence-electron chi connectivity index (χ4n) is 2.52. The molecule has 0 bridgehead atoms. The zero-order valence-electron chi connectivity index (χ0n) is 12.1. The minimum Gasteiger partial charge on any atom is -0.497 e. The van der Waals surface area contributed by atoms with E-state index in [1.807, 2.05) is 0 Å². The van der Waals surface area contributed by atoms with Gasteiger partial charge in [0.05, 0.1) is 18.3 Å². The topological polar surface area (TPSA) is 72.3 Å². The highest BCUT2D eigenvalue weighted by atomic mass is 19.1. The molecule has 7 heteroatoms. The Morgan fingerprint density at radius 2 is 2.17 bits per heavy atom. The van der Waals surface area contributed by atoms with Gasteiger partial charge in [0.25, 0.3) is 0 Å². The Balaban J connectivity index is 2.01. The quantitative estimate of drug-likeness (QED) is 0.617. The summed E-state index contributed by atoms with van der Waals surface area (Å²) < 4.78 is 20.6. The van der Waals surface area contributed by atoms with Crippen LogP contribution in [0.1, 0.15) is 0 Å². The molecule has 1 aromatic carbocycles. The number of nitrogens with one attached hydrogen (secondary N) is 1. The molecule has 4 aromatic rings. The molecule has 3 aromatic heterocycles. The molecular weight excluding hydrogens is 299 g/mol. The fraction of sp³-hybridized carbons (Fsp3) is 0.0625. The van der Waals surface area contributed by atoms with Gasteiger partial charge >= 0.3 is 5.69 Å². The molecule has 3 heterocycles. The Kier molecular flexibility index (Phi) is 2.87. The third kappa shape index (κ3) is 2.05. The Labute approximate surface area is 129 Å². The van der Waals surface area contributed by atoms with Crippen LogP contribution in [0.2, 0.25) is 0 Å². The second-order valence-corrected chi connectivity index (χ2v) is 5.00. The lowest BCUT2D eigenvalue weighted by Crippen LogP contribution is -2.15. The van der Waals surface area contributed by atoms with E-state index < -0.39 is 5.82 Å². The van der Waals surface area contributed by atoms with E-state index in [2.05, 4.69) is 15.0 Å². The van der Waals surface area contributed by atoms with Crippen LogP contribution in [0.4, 0.5) is 4.39 Å². The number of rotatable bonds is 2. The van der Waals surface area contributed by atoms with Crippen molar-refractivity contribution in [2.24, 2.45) is 0 Å². The number of halogens is 1. The SMILES string of the molecule is COc1ccc(-c2cn3c(=O)[nH]c4cccnc4c3n2)c(F)c1. The summed E-state index contributed by atoms with van der Waals surface area (Å²) in [5.74, 6) is -0.0542. The number of hydrogen-bond donors (Lipinski definition) is 1. The van der Waals surface area contributed by atoms with Crippen LogP contribution in [0.25, 0.3) is 27.9 Å². The second kappa shape index (κ2) is 4.91. The Hall–Kier alpha value is -3.22. The van der Waals surface area contributed by atoms with Crippen molar-refractivity contribution in [3.05, 3.63) is 59.0 Å². The first kappa shape index (κ1) is 13.4. The van der Waals surface area contributed by atoms with E-state index >= 15 is 0 Å². The van der Waals surface area contributed by atoms with Crippen LogP contribution in [0.3, 0.4) is 0 Å². The Morgan fingerprint density at radius 3 is 2.96 bits per heavy atom. The Bertz CT molecular complexity index is 1100. The normalized spacial score (nSPS) is 11.2. The van der Waals surface area contributed by atoms with E-state index in [1.165, 1.54) is 23.8 Å². The monoisotopic (exact) mass is 310 g/mol. The van der Waals surface area contributed by atoms with Gasteiger partial charge in [-0.25, -0.2) is 18.6 Å². The molecule has 0 aliphatic carbocycles. The predicted octanol–water partition coefficient (Wildman–Crippen LogP) is 2.39. The molecule has 0 saturated carbocycles. The van der Waals surface area contributed by atoms with Gasteiger partial charge in [-0.1, -0.05) is 0 Å². The van der Waals surface area contributed by atoms with Crippen molar-refractivity contribution in [2.45, 2.75) is 0 Å². The molecule has 114 valence electrons. The average molecular weight is 310 g/mol. The van der Waals surface area contributed by atoms with Gasteiger partial charge in [0.15, 0.2) is 5.65 Å². The molecule has 0 unspecified atom stereocenters. The third-order valence-corrected chi connectivity index (χ3v) is 3.64. The average Bonchev–Trinajstić information content (AvgIpc) is 3.00. The van der Waals surface area contributed by atoms with Gasteiger partial charge in [-0.2, -0.15) is 0 Å². The van der Waals surface area contributed by atoms with E-state index in [0.717, 1.165) is 0 Å². The standard InChI is InChI=1S/C16H11FN4O2/c1-23-9-4-5-10(11(17)7-9)13-8-21-15(19-13)14-12(20-16(21)22)3-2-6-18-14/h2-8H,1H3,(H,20,22). The van der Waals surface area contributed by atoms with E-state index in [0.29, 0.717) is 28.1 Å². The third-order valence-electron chi connectivity index (χ3n) is 3.64. The summed E-state index contributed by atoms with van der Waals surface area (Å²) in [6.45, 7) is 0. The molecule has 0 atom stereocenters. The summed E-state index contributed by atoms with van der Waals surface area (Å²) >= 11 is 0. The number of ether oxygens (including phenoxy) is 1.